The zero-order valence-corrected chi connectivity index (χ0v) is 10.0. The lowest BCUT2D eigenvalue weighted by atomic mass is 10.2. The van der Waals surface area contributed by atoms with E-state index in [0.717, 1.165) is 12.8 Å². The minimum absolute atomic E-state index is 0.00120. The van der Waals surface area contributed by atoms with Crippen molar-refractivity contribution in [3.05, 3.63) is 29.8 Å². The molecule has 0 saturated heterocycles. The first-order chi connectivity index (χ1) is 7.71. The van der Waals surface area contributed by atoms with Crippen LogP contribution in [0.4, 0.5) is 0 Å². The van der Waals surface area contributed by atoms with E-state index < -0.39 is 0 Å². The van der Waals surface area contributed by atoms with Gasteiger partial charge in [-0.1, -0.05) is 19.9 Å². The molecule has 1 aromatic carbocycles. The molecule has 0 radical (unpaired) electrons. The lowest BCUT2D eigenvalue weighted by Gasteiger charge is -2.14. The van der Waals surface area contributed by atoms with Crippen LogP contribution in [-0.4, -0.2) is 19.2 Å². The molecule has 0 aromatic heterocycles. The van der Waals surface area contributed by atoms with Crippen LogP contribution in [-0.2, 0) is 4.74 Å². The fourth-order valence-electron chi connectivity index (χ4n) is 1.42. The summed E-state index contributed by atoms with van der Waals surface area (Å²) >= 11 is 0. The summed E-state index contributed by atoms with van der Waals surface area (Å²) in [4.78, 5) is 11.8. The van der Waals surface area contributed by atoms with Crippen LogP contribution in [0.2, 0.25) is 0 Å². The third-order valence-electron chi connectivity index (χ3n) is 2.49. The molecule has 0 bridgehead atoms. The molecule has 16 heavy (non-hydrogen) atoms. The predicted molar refractivity (Wildman–Crippen MR) is 62.8 cm³/mol. The van der Waals surface area contributed by atoms with Crippen molar-refractivity contribution in [1.29, 1.82) is 0 Å². The van der Waals surface area contributed by atoms with Crippen LogP contribution in [0.25, 0.3) is 0 Å². The van der Waals surface area contributed by atoms with Crippen LogP contribution in [0.15, 0.2) is 24.3 Å². The van der Waals surface area contributed by atoms with Crippen LogP contribution in [0.3, 0.4) is 0 Å². The summed E-state index contributed by atoms with van der Waals surface area (Å²) in [6.45, 7) is 4.01. The van der Waals surface area contributed by atoms with Gasteiger partial charge in [0.25, 0.3) is 0 Å². The quantitative estimate of drug-likeness (QED) is 0.718. The van der Waals surface area contributed by atoms with Gasteiger partial charge in [0.15, 0.2) is 0 Å². The number of esters is 1. The summed E-state index contributed by atoms with van der Waals surface area (Å²) in [6.07, 6.45) is 1.68. The molecule has 0 aliphatic carbocycles. The van der Waals surface area contributed by atoms with Crippen molar-refractivity contribution in [3.63, 3.8) is 0 Å². The second-order valence-electron chi connectivity index (χ2n) is 3.58. The first kappa shape index (κ1) is 12.6. The van der Waals surface area contributed by atoms with Crippen LogP contribution < -0.4 is 4.74 Å². The Morgan fingerprint density at radius 3 is 2.56 bits per heavy atom. The summed E-state index contributed by atoms with van der Waals surface area (Å²) < 4.78 is 10.4. The van der Waals surface area contributed by atoms with Crippen LogP contribution in [0.1, 0.15) is 37.0 Å². The average molecular weight is 222 g/mol. The molecule has 0 aliphatic rings. The molecule has 0 fully saturated rings. The summed E-state index contributed by atoms with van der Waals surface area (Å²) in [7, 11) is 1.57. The maximum Gasteiger partial charge on any atom is 0.338 e. The fourth-order valence-corrected chi connectivity index (χ4v) is 1.42. The minimum atomic E-state index is -0.285. The first-order valence-corrected chi connectivity index (χ1v) is 5.56. The lowest BCUT2D eigenvalue weighted by molar-refractivity contribution is 0.0284. The van der Waals surface area contributed by atoms with E-state index in [2.05, 4.69) is 0 Å². The summed E-state index contributed by atoms with van der Waals surface area (Å²) in [5, 5.41) is 0. The van der Waals surface area contributed by atoms with Gasteiger partial charge in [-0.25, -0.2) is 4.79 Å². The Morgan fingerprint density at radius 1 is 1.31 bits per heavy atom. The largest absolute Gasteiger partial charge is 0.497 e. The monoisotopic (exact) mass is 222 g/mol. The molecule has 0 amide bonds. The molecule has 0 saturated carbocycles. The molecule has 1 aromatic rings. The van der Waals surface area contributed by atoms with Gasteiger partial charge in [0, 0.05) is 0 Å². The van der Waals surface area contributed by atoms with Crippen LogP contribution >= 0.6 is 0 Å². The maximum absolute atomic E-state index is 11.8. The molecule has 0 atom stereocenters. The number of hydrogen-bond acceptors (Lipinski definition) is 3. The summed E-state index contributed by atoms with van der Waals surface area (Å²) in [5.41, 5.74) is 0.534. The maximum atomic E-state index is 11.8. The molecule has 3 heteroatoms. The third-order valence-corrected chi connectivity index (χ3v) is 2.49. The number of carbonyl (C=O) groups is 1. The van der Waals surface area contributed by atoms with E-state index in [4.69, 9.17) is 9.47 Å². The van der Waals surface area contributed by atoms with Gasteiger partial charge < -0.3 is 9.47 Å². The van der Waals surface area contributed by atoms with Crippen molar-refractivity contribution < 1.29 is 14.3 Å². The van der Waals surface area contributed by atoms with Crippen molar-refractivity contribution in [1.82, 2.24) is 0 Å². The Bertz CT molecular complexity index is 343. The number of ether oxygens (including phenoxy) is 2. The van der Waals surface area contributed by atoms with E-state index in [9.17, 15) is 4.79 Å². The van der Waals surface area contributed by atoms with Gasteiger partial charge in [-0.15, -0.1) is 0 Å². The minimum Gasteiger partial charge on any atom is -0.497 e. The number of rotatable bonds is 5. The van der Waals surface area contributed by atoms with Gasteiger partial charge in [0.1, 0.15) is 11.9 Å². The Morgan fingerprint density at radius 2 is 2.00 bits per heavy atom. The smallest absolute Gasteiger partial charge is 0.338 e. The lowest BCUT2D eigenvalue weighted by Crippen LogP contribution is -2.16. The Hall–Kier alpha value is -1.51. The highest BCUT2D eigenvalue weighted by molar-refractivity contribution is 5.89. The van der Waals surface area contributed by atoms with E-state index in [-0.39, 0.29) is 12.1 Å². The van der Waals surface area contributed by atoms with Crippen molar-refractivity contribution in [2.45, 2.75) is 32.8 Å². The summed E-state index contributed by atoms with van der Waals surface area (Å²) in [6, 6.07) is 6.99. The second-order valence-corrected chi connectivity index (χ2v) is 3.58. The fraction of sp³-hybridized carbons (Fsp3) is 0.462. The SMILES string of the molecule is CCC(CC)OC(=O)c1cccc(OC)c1. The zero-order valence-electron chi connectivity index (χ0n) is 10.0. The highest BCUT2D eigenvalue weighted by atomic mass is 16.5. The average Bonchev–Trinajstić information content (AvgIpc) is 2.35. The number of methoxy groups -OCH3 is 1. The van der Waals surface area contributed by atoms with Crippen LogP contribution in [0, 0.1) is 0 Å². The van der Waals surface area contributed by atoms with E-state index in [1.807, 2.05) is 13.8 Å². The summed E-state index contributed by atoms with van der Waals surface area (Å²) in [5.74, 6) is 0.381. The number of hydrogen-bond donors (Lipinski definition) is 0. The topological polar surface area (TPSA) is 35.5 Å². The second kappa shape index (κ2) is 6.16. The number of benzene rings is 1. The van der Waals surface area contributed by atoms with Crippen molar-refractivity contribution in [3.8, 4) is 5.75 Å². The standard InChI is InChI=1S/C13H18O3/c1-4-11(5-2)16-13(14)10-7-6-8-12(9-10)15-3/h6-9,11H,4-5H2,1-3H3. The Labute approximate surface area is 96.4 Å². The zero-order chi connectivity index (χ0) is 12.0. The Balaban J connectivity index is 2.72. The highest BCUT2D eigenvalue weighted by Crippen LogP contribution is 2.15. The van der Waals surface area contributed by atoms with Crippen molar-refractivity contribution >= 4 is 5.97 Å². The first-order valence-electron chi connectivity index (χ1n) is 5.56. The highest BCUT2D eigenvalue weighted by Gasteiger charge is 2.13. The molecule has 0 heterocycles. The van der Waals surface area contributed by atoms with Gasteiger partial charge >= 0.3 is 5.97 Å². The predicted octanol–water partition coefficient (Wildman–Crippen LogP) is 3.04. The molecular formula is C13H18O3. The van der Waals surface area contributed by atoms with Gasteiger partial charge in [-0.2, -0.15) is 0 Å². The molecular weight excluding hydrogens is 204 g/mol. The van der Waals surface area contributed by atoms with Crippen LogP contribution in [0.5, 0.6) is 5.75 Å². The Kier molecular flexibility index (Phi) is 4.83. The molecule has 0 spiro atoms. The molecule has 88 valence electrons. The van der Waals surface area contributed by atoms with Gasteiger partial charge in [-0.05, 0) is 31.0 Å². The molecule has 3 nitrogen and oxygen atoms in total. The van der Waals surface area contributed by atoms with E-state index in [0.29, 0.717) is 11.3 Å². The third kappa shape index (κ3) is 3.26. The molecule has 0 N–H and O–H groups in total. The molecule has 0 unspecified atom stereocenters. The molecule has 1 rings (SSSR count). The van der Waals surface area contributed by atoms with E-state index >= 15 is 0 Å². The van der Waals surface area contributed by atoms with Gasteiger partial charge in [0.2, 0.25) is 0 Å². The van der Waals surface area contributed by atoms with E-state index in [1.165, 1.54) is 0 Å². The molecule has 0 aliphatic heterocycles. The normalized spacial score (nSPS) is 10.2. The van der Waals surface area contributed by atoms with Gasteiger partial charge in [-0.3, -0.25) is 0 Å². The van der Waals surface area contributed by atoms with Crippen molar-refractivity contribution in [2.24, 2.45) is 0 Å². The van der Waals surface area contributed by atoms with Gasteiger partial charge in [0.05, 0.1) is 12.7 Å². The van der Waals surface area contributed by atoms with Crippen molar-refractivity contribution in [2.75, 3.05) is 7.11 Å². The van der Waals surface area contributed by atoms with E-state index in [1.54, 1.807) is 31.4 Å². The number of carbonyl (C=O) groups excluding carboxylic acids is 1.